The molecular formula is C17H36N2O4S. The first-order valence-corrected chi connectivity index (χ1v) is 9.59. The van der Waals surface area contributed by atoms with Crippen LogP contribution in [0.2, 0.25) is 0 Å². The summed E-state index contributed by atoms with van der Waals surface area (Å²) in [6.07, 6.45) is 6.58. The van der Waals surface area contributed by atoms with Gasteiger partial charge in [0.25, 0.3) is 0 Å². The summed E-state index contributed by atoms with van der Waals surface area (Å²) in [5.41, 5.74) is 0. The van der Waals surface area contributed by atoms with Gasteiger partial charge in [0.1, 0.15) is 0 Å². The molecule has 0 saturated carbocycles. The molecule has 0 aromatic heterocycles. The number of hydrogen-bond donors (Lipinski definition) is 4. The summed E-state index contributed by atoms with van der Waals surface area (Å²) < 4.78 is 0. The first-order chi connectivity index (χ1) is 11.7. The van der Waals surface area contributed by atoms with E-state index in [1.165, 1.54) is 0 Å². The van der Waals surface area contributed by atoms with Crippen LogP contribution < -0.4 is 0 Å². The highest BCUT2D eigenvalue weighted by atomic mass is 32.1. The molecule has 24 heavy (non-hydrogen) atoms. The third-order valence-corrected chi connectivity index (χ3v) is 4.40. The van der Waals surface area contributed by atoms with Gasteiger partial charge in [0.05, 0.1) is 0 Å². The van der Waals surface area contributed by atoms with Crippen molar-refractivity contribution in [3.8, 4) is 0 Å². The molecule has 0 amide bonds. The maximum atomic E-state index is 8.99. The van der Waals surface area contributed by atoms with Gasteiger partial charge in [-0.2, -0.15) is 0 Å². The first kappa shape index (κ1) is 23.5. The van der Waals surface area contributed by atoms with Crippen molar-refractivity contribution < 1.29 is 20.4 Å². The van der Waals surface area contributed by atoms with Gasteiger partial charge in [0.2, 0.25) is 0 Å². The molecular weight excluding hydrogens is 328 g/mol. The van der Waals surface area contributed by atoms with E-state index < -0.39 is 0 Å². The molecule has 0 heterocycles. The van der Waals surface area contributed by atoms with Crippen LogP contribution in [-0.4, -0.2) is 87.9 Å². The maximum Gasteiger partial charge on any atom is 0.171 e. The highest BCUT2D eigenvalue weighted by Gasteiger charge is 2.16. The van der Waals surface area contributed by atoms with E-state index in [2.05, 4.69) is 9.80 Å². The molecule has 0 aliphatic heterocycles. The van der Waals surface area contributed by atoms with Gasteiger partial charge in [-0.1, -0.05) is 0 Å². The Bertz CT molecular complexity index is 250. The van der Waals surface area contributed by atoms with Gasteiger partial charge in [-0.3, -0.25) is 0 Å². The quantitative estimate of drug-likeness (QED) is 0.240. The fourth-order valence-corrected chi connectivity index (χ4v) is 2.83. The predicted octanol–water partition coefficient (Wildman–Crippen LogP) is 0.965. The molecule has 0 unspecified atom stereocenters. The number of hydrogen-bond acceptors (Lipinski definition) is 5. The Morgan fingerprint density at radius 3 is 0.958 bits per heavy atom. The lowest BCUT2D eigenvalue weighted by atomic mass is 10.2. The number of thiocarbonyl (C=S) groups is 1. The third-order valence-electron chi connectivity index (χ3n) is 3.89. The second kappa shape index (κ2) is 17.4. The van der Waals surface area contributed by atoms with Gasteiger partial charge >= 0.3 is 0 Å². The zero-order valence-electron chi connectivity index (χ0n) is 14.9. The van der Waals surface area contributed by atoms with Crippen LogP contribution in [0.25, 0.3) is 0 Å². The van der Waals surface area contributed by atoms with Crippen molar-refractivity contribution in [2.24, 2.45) is 0 Å². The van der Waals surface area contributed by atoms with Gasteiger partial charge in [0, 0.05) is 52.6 Å². The Morgan fingerprint density at radius 1 is 0.500 bits per heavy atom. The summed E-state index contributed by atoms with van der Waals surface area (Å²) in [5, 5.41) is 36.7. The average molecular weight is 365 g/mol. The summed E-state index contributed by atoms with van der Waals surface area (Å²) in [7, 11) is 0. The van der Waals surface area contributed by atoms with E-state index in [0.29, 0.717) is 0 Å². The van der Waals surface area contributed by atoms with Crippen LogP contribution in [0.3, 0.4) is 0 Å². The van der Waals surface area contributed by atoms with Gasteiger partial charge < -0.3 is 30.2 Å². The zero-order valence-corrected chi connectivity index (χ0v) is 15.7. The van der Waals surface area contributed by atoms with Crippen LogP contribution in [0.5, 0.6) is 0 Å². The van der Waals surface area contributed by atoms with Crippen molar-refractivity contribution >= 4 is 17.3 Å². The minimum atomic E-state index is 0.188. The van der Waals surface area contributed by atoms with Crippen molar-refractivity contribution in [2.45, 2.75) is 51.4 Å². The van der Waals surface area contributed by atoms with E-state index in [4.69, 9.17) is 32.6 Å². The summed E-state index contributed by atoms with van der Waals surface area (Å²) in [5.74, 6) is 0. The van der Waals surface area contributed by atoms with Gasteiger partial charge in [-0.05, 0) is 63.6 Å². The lowest BCUT2D eigenvalue weighted by molar-refractivity contribution is 0.244. The molecule has 0 fully saturated rings. The van der Waals surface area contributed by atoms with E-state index in [0.717, 1.165) is 82.7 Å². The fraction of sp³-hybridized carbons (Fsp3) is 0.941. The van der Waals surface area contributed by atoms with E-state index in [9.17, 15) is 0 Å². The fourth-order valence-electron chi connectivity index (χ4n) is 2.46. The Kier molecular flexibility index (Phi) is 17.0. The monoisotopic (exact) mass is 364 g/mol. The van der Waals surface area contributed by atoms with Crippen molar-refractivity contribution in [3.05, 3.63) is 0 Å². The minimum absolute atomic E-state index is 0.188. The molecule has 0 aromatic rings. The van der Waals surface area contributed by atoms with Crippen LogP contribution >= 0.6 is 12.2 Å². The van der Waals surface area contributed by atoms with Crippen molar-refractivity contribution in [1.82, 2.24) is 9.80 Å². The summed E-state index contributed by atoms with van der Waals surface area (Å²) in [6, 6.07) is 0. The molecule has 6 nitrogen and oxygen atoms in total. The van der Waals surface area contributed by atoms with E-state index in [1.54, 1.807) is 0 Å². The number of rotatable bonds is 16. The van der Waals surface area contributed by atoms with Gasteiger partial charge in [0.15, 0.2) is 5.11 Å². The number of aliphatic hydroxyl groups is 4. The SMILES string of the molecule is OCCCCN(CCCCO)C(=S)N(CCCCO)CCCCO. The summed E-state index contributed by atoms with van der Waals surface area (Å²) in [6.45, 7) is 3.98. The molecule has 4 N–H and O–H groups in total. The second-order valence-electron chi connectivity index (χ2n) is 5.98. The van der Waals surface area contributed by atoms with E-state index >= 15 is 0 Å². The standard InChI is InChI=1S/C17H36N2O4S/c20-13-5-1-9-18(10-2-6-14-21)17(24)19(11-3-7-15-22)12-4-8-16-23/h20-23H,1-16H2. The van der Waals surface area contributed by atoms with Crippen LogP contribution in [0.15, 0.2) is 0 Å². The third kappa shape index (κ3) is 12.0. The predicted molar refractivity (Wildman–Crippen MR) is 101 cm³/mol. The van der Waals surface area contributed by atoms with Crippen LogP contribution in [0.1, 0.15) is 51.4 Å². The van der Waals surface area contributed by atoms with Crippen molar-refractivity contribution in [2.75, 3.05) is 52.6 Å². The van der Waals surface area contributed by atoms with Crippen LogP contribution in [0.4, 0.5) is 0 Å². The number of nitrogens with zero attached hydrogens (tertiary/aromatic N) is 2. The molecule has 144 valence electrons. The van der Waals surface area contributed by atoms with Crippen LogP contribution in [-0.2, 0) is 0 Å². The molecule has 0 saturated heterocycles. The molecule has 0 radical (unpaired) electrons. The highest BCUT2D eigenvalue weighted by molar-refractivity contribution is 7.80. The zero-order chi connectivity index (χ0) is 18.0. The Labute approximate surface area is 152 Å². The Hall–Kier alpha value is -0.470. The molecule has 0 bridgehead atoms. The average Bonchev–Trinajstić information content (AvgIpc) is 2.59. The number of aliphatic hydroxyl groups excluding tert-OH is 4. The normalized spacial score (nSPS) is 10.8. The lowest BCUT2D eigenvalue weighted by Crippen LogP contribution is -2.45. The highest BCUT2D eigenvalue weighted by Crippen LogP contribution is 2.08. The first-order valence-electron chi connectivity index (χ1n) is 9.18. The molecule has 0 aromatic carbocycles. The molecule has 0 spiro atoms. The molecule has 0 aliphatic rings. The van der Waals surface area contributed by atoms with Crippen LogP contribution in [0, 0.1) is 0 Å². The van der Waals surface area contributed by atoms with E-state index in [-0.39, 0.29) is 26.4 Å². The van der Waals surface area contributed by atoms with E-state index in [1.807, 2.05) is 0 Å². The maximum absolute atomic E-state index is 8.99. The smallest absolute Gasteiger partial charge is 0.171 e. The molecule has 0 aliphatic carbocycles. The van der Waals surface area contributed by atoms with Crippen molar-refractivity contribution in [1.29, 1.82) is 0 Å². The molecule has 0 atom stereocenters. The molecule has 0 rings (SSSR count). The Morgan fingerprint density at radius 2 is 0.750 bits per heavy atom. The topological polar surface area (TPSA) is 87.4 Å². The summed E-state index contributed by atoms with van der Waals surface area (Å²) >= 11 is 5.70. The van der Waals surface area contributed by atoms with Crippen molar-refractivity contribution in [3.63, 3.8) is 0 Å². The second-order valence-corrected chi connectivity index (χ2v) is 6.34. The Balaban J connectivity index is 4.65. The van der Waals surface area contributed by atoms with Gasteiger partial charge in [-0.25, -0.2) is 0 Å². The van der Waals surface area contributed by atoms with Gasteiger partial charge in [-0.15, -0.1) is 0 Å². The minimum Gasteiger partial charge on any atom is -0.396 e. The summed E-state index contributed by atoms with van der Waals surface area (Å²) in [4.78, 5) is 4.33. The lowest BCUT2D eigenvalue weighted by Gasteiger charge is -2.34. The number of unbranched alkanes of at least 4 members (excludes halogenated alkanes) is 4. The molecule has 7 heteroatoms. The largest absolute Gasteiger partial charge is 0.396 e.